The van der Waals surface area contributed by atoms with E-state index in [1.165, 1.54) is 31.3 Å². The molecule has 0 aromatic rings. The van der Waals surface area contributed by atoms with Crippen LogP contribution in [0.2, 0.25) is 0 Å². The summed E-state index contributed by atoms with van der Waals surface area (Å²) in [4.78, 5) is 13.4. The Morgan fingerprint density at radius 2 is 1.73 bits per heavy atom. The van der Waals surface area contributed by atoms with E-state index in [9.17, 15) is 9.90 Å². The molecule has 0 aromatic carbocycles. The Balaban J connectivity index is 1.58. The van der Waals surface area contributed by atoms with Crippen molar-refractivity contribution in [2.45, 2.75) is 92.6 Å². The van der Waals surface area contributed by atoms with Crippen LogP contribution in [-0.4, -0.2) is 17.0 Å². The fourth-order valence-corrected chi connectivity index (χ4v) is 7.99. The quantitative estimate of drug-likeness (QED) is 0.529. The van der Waals surface area contributed by atoms with E-state index in [0.29, 0.717) is 47.7 Å². The van der Waals surface area contributed by atoms with Gasteiger partial charge >= 0.3 is 0 Å². The minimum absolute atomic E-state index is 0.134. The van der Waals surface area contributed by atoms with Gasteiger partial charge in [-0.25, -0.2) is 0 Å². The molecule has 0 heterocycles. The molecule has 1 N–H and O–H groups in total. The molecule has 168 valence electrons. The summed E-state index contributed by atoms with van der Waals surface area (Å²) in [5.74, 6) is 4.21. The summed E-state index contributed by atoms with van der Waals surface area (Å²) in [5.41, 5.74) is 1.68. The van der Waals surface area contributed by atoms with Gasteiger partial charge in [0, 0.05) is 5.92 Å². The number of fused-ring (bicyclic) bond motifs is 5. The standard InChI is InChI=1S/C28H44O2/c1-17(2)18(3)7-8-19(4)22-9-10-23-26-24(12-14-28(22,23)6)27(5)13-11-21(29)15-20(27)16-25(26)30/h7-8,16-19,21-24,26,29H,9-15H2,1-6H3/b8-7+/t18-,19-,21+,22-,23+,24+,26+,27+,28-/m1/s1. The van der Waals surface area contributed by atoms with Crippen molar-refractivity contribution in [3.63, 3.8) is 0 Å². The highest BCUT2D eigenvalue weighted by molar-refractivity contribution is 5.94. The van der Waals surface area contributed by atoms with Crippen LogP contribution in [0.15, 0.2) is 23.8 Å². The molecule has 3 fully saturated rings. The second kappa shape index (κ2) is 7.91. The average Bonchev–Trinajstić information content (AvgIpc) is 3.04. The Morgan fingerprint density at radius 3 is 2.43 bits per heavy atom. The molecule has 0 amide bonds. The third kappa shape index (κ3) is 3.46. The highest BCUT2D eigenvalue weighted by atomic mass is 16.3. The van der Waals surface area contributed by atoms with E-state index in [0.717, 1.165) is 12.8 Å². The van der Waals surface area contributed by atoms with Crippen LogP contribution in [0.1, 0.15) is 86.5 Å². The summed E-state index contributed by atoms with van der Waals surface area (Å²) in [7, 11) is 0. The molecule has 0 spiro atoms. The SMILES string of the molecule is CC(C)[C@H](C)/C=C/[C@@H](C)[C@H]1CC[C@H]2[C@@H]3C(=O)C=C4C[C@@H](O)CC[C@]4(C)[C@H]3CC[C@]12C. The molecular formula is C28H44O2. The van der Waals surface area contributed by atoms with E-state index >= 15 is 0 Å². The number of carbonyl (C=O) groups excluding carboxylic acids is 1. The summed E-state index contributed by atoms with van der Waals surface area (Å²) in [6.45, 7) is 14.3. The van der Waals surface area contributed by atoms with E-state index in [1.54, 1.807) is 0 Å². The van der Waals surface area contributed by atoms with Crippen molar-refractivity contribution < 1.29 is 9.90 Å². The van der Waals surface area contributed by atoms with Gasteiger partial charge in [-0.05, 0) is 97.4 Å². The predicted molar refractivity (Wildman–Crippen MR) is 124 cm³/mol. The molecule has 4 aliphatic carbocycles. The fourth-order valence-electron chi connectivity index (χ4n) is 7.99. The molecule has 2 nitrogen and oxygen atoms in total. The molecule has 0 aliphatic heterocycles. The van der Waals surface area contributed by atoms with Crippen LogP contribution in [0.4, 0.5) is 0 Å². The van der Waals surface area contributed by atoms with Gasteiger partial charge in [-0.2, -0.15) is 0 Å². The lowest BCUT2D eigenvalue weighted by atomic mass is 9.46. The molecule has 0 bridgehead atoms. The molecule has 4 aliphatic rings. The van der Waals surface area contributed by atoms with Crippen molar-refractivity contribution in [2.24, 2.45) is 52.3 Å². The number of allylic oxidation sites excluding steroid dienone is 3. The lowest BCUT2D eigenvalue weighted by molar-refractivity contribution is -0.134. The maximum atomic E-state index is 13.4. The maximum Gasteiger partial charge on any atom is 0.159 e. The molecule has 2 heteroatoms. The average molecular weight is 413 g/mol. The summed E-state index contributed by atoms with van der Waals surface area (Å²) in [6.07, 6.45) is 14.2. The maximum absolute atomic E-state index is 13.4. The molecule has 9 atom stereocenters. The van der Waals surface area contributed by atoms with Crippen LogP contribution >= 0.6 is 0 Å². The monoisotopic (exact) mass is 412 g/mol. The number of rotatable bonds is 4. The van der Waals surface area contributed by atoms with Crippen LogP contribution in [-0.2, 0) is 4.79 Å². The first-order chi connectivity index (χ1) is 14.1. The highest BCUT2D eigenvalue weighted by Gasteiger charge is 2.61. The molecule has 4 rings (SSSR count). The zero-order valence-corrected chi connectivity index (χ0v) is 20.2. The van der Waals surface area contributed by atoms with E-state index in [1.807, 2.05) is 6.08 Å². The van der Waals surface area contributed by atoms with E-state index < -0.39 is 0 Å². The van der Waals surface area contributed by atoms with E-state index in [4.69, 9.17) is 0 Å². The number of aliphatic hydroxyl groups is 1. The van der Waals surface area contributed by atoms with Crippen LogP contribution in [0.3, 0.4) is 0 Å². The lowest BCUT2D eigenvalue weighted by Gasteiger charge is -2.57. The van der Waals surface area contributed by atoms with Gasteiger partial charge in [0.05, 0.1) is 6.10 Å². The highest BCUT2D eigenvalue weighted by Crippen LogP contribution is 2.66. The molecule has 3 saturated carbocycles. The number of carbonyl (C=O) groups is 1. The number of ketones is 1. The number of hydrogen-bond acceptors (Lipinski definition) is 2. The zero-order chi connectivity index (χ0) is 21.8. The second-order valence-corrected chi connectivity index (χ2v) is 12.2. The van der Waals surface area contributed by atoms with Crippen LogP contribution < -0.4 is 0 Å². The smallest absolute Gasteiger partial charge is 0.159 e. The molecule has 0 radical (unpaired) electrons. The molecule has 0 saturated heterocycles. The first-order valence-corrected chi connectivity index (χ1v) is 12.7. The minimum atomic E-state index is -0.251. The number of hydrogen-bond donors (Lipinski definition) is 1. The Morgan fingerprint density at radius 1 is 1.00 bits per heavy atom. The Bertz CT molecular complexity index is 733. The van der Waals surface area contributed by atoms with Crippen molar-refractivity contribution in [1.82, 2.24) is 0 Å². The van der Waals surface area contributed by atoms with Gasteiger partial charge in [-0.15, -0.1) is 0 Å². The largest absolute Gasteiger partial charge is 0.393 e. The third-order valence-corrected chi connectivity index (χ3v) is 10.4. The van der Waals surface area contributed by atoms with Crippen LogP contribution in [0, 0.1) is 52.3 Å². The molecule has 0 aromatic heterocycles. The molecular weight excluding hydrogens is 368 g/mol. The summed E-state index contributed by atoms with van der Waals surface area (Å²) < 4.78 is 0. The second-order valence-electron chi connectivity index (χ2n) is 12.2. The van der Waals surface area contributed by atoms with Gasteiger partial charge in [0.1, 0.15) is 0 Å². The van der Waals surface area contributed by atoms with Crippen molar-refractivity contribution in [3.8, 4) is 0 Å². The van der Waals surface area contributed by atoms with Crippen molar-refractivity contribution in [3.05, 3.63) is 23.8 Å². The molecule has 30 heavy (non-hydrogen) atoms. The van der Waals surface area contributed by atoms with Crippen molar-refractivity contribution >= 4 is 5.78 Å². The summed E-state index contributed by atoms with van der Waals surface area (Å²) >= 11 is 0. The van der Waals surface area contributed by atoms with Gasteiger partial charge in [0.25, 0.3) is 0 Å². The first-order valence-electron chi connectivity index (χ1n) is 12.7. The Hall–Kier alpha value is -0.890. The van der Waals surface area contributed by atoms with Gasteiger partial charge in [-0.3, -0.25) is 4.79 Å². The lowest BCUT2D eigenvalue weighted by Crippen LogP contribution is -2.53. The zero-order valence-electron chi connectivity index (χ0n) is 20.2. The number of aliphatic hydroxyl groups excluding tert-OH is 1. The van der Waals surface area contributed by atoms with Gasteiger partial charge in [0.2, 0.25) is 0 Å². The summed E-state index contributed by atoms with van der Waals surface area (Å²) in [5, 5.41) is 10.2. The van der Waals surface area contributed by atoms with Gasteiger partial charge in [-0.1, -0.05) is 59.3 Å². The topological polar surface area (TPSA) is 37.3 Å². The summed E-state index contributed by atoms with van der Waals surface area (Å²) in [6, 6.07) is 0. The normalized spacial score (nSPS) is 45.7. The Labute approximate surface area is 184 Å². The van der Waals surface area contributed by atoms with Crippen LogP contribution in [0.5, 0.6) is 0 Å². The van der Waals surface area contributed by atoms with E-state index in [-0.39, 0.29) is 22.9 Å². The molecule has 0 unspecified atom stereocenters. The van der Waals surface area contributed by atoms with Gasteiger partial charge in [0.15, 0.2) is 5.78 Å². The minimum Gasteiger partial charge on any atom is -0.393 e. The van der Waals surface area contributed by atoms with Crippen molar-refractivity contribution in [2.75, 3.05) is 0 Å². The van der Waals surface area contributed by atoms with Gasteiger partial charge < -0.3 is 5.11 Å². The van der Waals surface area contributed by atoms with E-state index in [2.05, 4.69) is 53.7 Å². The third-order valence-electron chi connectivity index (χ3n) is 10.4. The fraction of sp³-hybridized carbons (Fsp3) is 0.821. The van der Waals surface area contributed by atoms with Crippen LogP contribution in [0.25, 0.3) is 0 Å². The Kier molecular flexibility index (Phi) is 5.88. The first kappa shape index (κ1) is 22.3. The van der Waals surface area contributed by atoms with Crippen molar-refractivity contribution in [1.29, 1.82) is 0 Å². The predicted octanol–water partition coefficient (Wildman–Crippen LogP) is 6.59.